The molecule has 9 heteroatoms. The summed E-state index contributed by atoms with van der Waals surface area (Å²) in [6, 6.07) is 4.68. The summed E-state index contributed by atoms with van der Waals surface area (Å²) in [5, 5.41) is 20.2. The van der Waals surface area contributed by atoms with Crippen molar-refractivity contribution in [3.05, 3.63) is 52.0 Å². The van der Waals surface area contributed by atoms with E-state index in [2.05, 4.69) is 36.7 Å². The summed E-state index contributed by atoms with van der Waals surface area (Å²) < 4.78 is 15.7. The fourth-order valence-electron chi connectivity index (χ4n) is 2.04. The Morgan fingerprint density at radius 2 is 2.17 bits per heavy atom. The van der Waals surface area contributed by atoms with Crippen LogP contribution in [0.1, 0.15) is 17.2 Å². The largest absolute Gasteiger partial charge is 0.386 e. The first kappa shape index (κ1) is 20.8. The van der Waals surface area contributed by atoms with Crippen molar-refractivity contribution in [2.24, 2.45) is 12.0 Å². The Hall–Kier alpha value is -1.20. The maximum Gasteiger partial charge on any atom is 0.191 e. The maximum absolute atomic E-state index is 13.3. The monoisotopic (exact) mass is 511 g/mol. The van der Waals surface area contributed by atoms with Gasteiger partial charge in [0.05, 0.1) is 12.3 Å². The number of hydrogen-bond donors (Lipinski definition) is 3. The number of guanidine groups is 1. The van der Waals surface area contributed by atoms with Gasteiger partial charge >= 0.3 is 0 Å². The molecule has 0 bridgehead atoms. The number of aliphatic imine (C=N–C) groups is 1. The summed E-state index contributed by atoms with van der Waals surface area (Å²) >= 11 is 3.26. The summed E-state index contributed by atoms with van der Waals surface area (Å²) in [7, 11) is 3.43. The number of aliphatic hydroxyl groups is 1. The zero-order valence-corrected chi connectivity index (χ0v) is 17.2. The Bertz CT molecular complexity index is 674. The molecular weight excluding hydrogens is 492 g/mol. The highest BCUT2D eigenvalue weighted by Crippen LogP contribution is 2.14. The molecule has 0 spiro atoms. The molecule has 1 heterocycles. The van der Waals surface area contributed by atoms with Gasteiger partial charge in [-0.25, -0.2) is 4.39 Å². The number of rotatable bonds is 5. The molecule has 0 aliphatic carbocycles. The van der Waals surface area contributed by atoms with Crippen LogP contribution in [0.15, 0.2) is 40.1 Å². The Kier molecular flexibility index (Phi) is 8.63. The Morgan fingerprint density at radius 1 is 1.42 bits per heavy atom. The van der Waals surface area contributed by atoms with E-state index in [0.717, 1.165) is 11.1 Å². The van der Waals surface area contributed by atoms with Gasteiger partial charge in [0.25, 0.3) is 0 Å². The van der Waals surface area contributed by atoms with Crippen LogP contribution in [0.4, 0.5) is 4.39 Å². The molecule has 0 saturated carbocycles. The molecule has 1 aromatic heterocycles. The number of nitrogens with zero attached hydrogens (tertiary/aromatic N) is 3. The molecule has 0 amide bonds. The minimum atomic E-state index is -0.689. The first-order valence-corrected chi connectivity index (χ1v) is 7.83. The van der Waals surface area contributed by atoms with Gasteiger partial charge in [-0.05, 0) is 23.8 Å². The van der Waals surface area contributed by atoms with Gasteiger partial charge in [-0.2, -0.15) is 5.10 Å². The minimum Gasteiger partial charge on any atom is -0.386 e. The first-order valence-electron chi connectivity index (χ1n) is 7.04. The van der Waals surface area contributed by atoms with Crippen LogP contribution in [0.5, 0.6) is 0 Å². The van der Waals surface area contributed by atoms with Gasteiger partial charge in [-0.3, -0.25) is 9.67 Å². The predicted octanol–water partition coefficient (Wildman–Crippen LogP) is 2.34. The number of nitrogens with one attached hydrogen (secondary N) is 2. The number of aliphatic hydroxyl groups excluding tert-OH is 1. The second-order valence-electron chi connectivity index (χ2n) is 5.05. The average Bonchev–Trinajstić information content (AvgIpc) is 2.93. The minimum absolute atomic E-state index is 0. The standard InChI is InChI=1S/C15H19BrFN5O.HI/c1-18-15(19-6-10-3-12(16)5-13(17)4-10)20-8-14(23)11-7-21-22(2)9-11;/h3-5,7,9,14,23H,6,8H2,1-2H3,(H2,18,19,20);1H. The van der Waals surface area contributed by atoms with Crippen LogP contribution in [-0.4, -0.2) is 34.4 Å². The lowest BCUT2D eigenvalue weighted by molar-refractivity contribution is 0.180. The summed E-state index contributed by atoms with van der Waals surface area (Å²) in [5.41, 5.74) is 1.51. The first-order chi connectivity index (χ1) is 11.0. The molecule has 1 aromatic carbocycles. The highest BCUT2D eigenvalue weighted by molar-refractivity contribution is 14.0. The molecule has 0 aliphatic rings. The van der Waals surface area contributed by atoms with E-state index in [1.54, 1.807) is 31.2 Å². The van der Waals surface area contributed by atoms with E-state index in [0.29, 0.717) is 17.0 Å². The molecule has 1 unspecified atom stereocenters. The van der Waals surface area contributed by atoms with Gasteiger partial charge in [-0.15, -0.1) is 24.0 Å². The number of benzene rings is 1. The van der Waals surface area contributed by atoms with Crippen LogP contribution >= 0.6 is 39.9 Å². The van der Waals surface area contributed by atoms with Crippen LogP contribution < -0.4 is 10.6 Å². The fraction of sp³-hybridized carbons (Fsp3) is 0.333. The summed E-state index contributed by atoms with van der Waals surface area (Å²) in [6.45, 7) is 0.706. The summed E-state index contributed by atoms with van der Waals surface area (Å²) in [5.74, 6) is 0.222. The number of aromatic nitrogens is 2. The quantitative estimate of drug-likeness (QED) is 0.327. The van der Waals surface area contributed by atoms with E-state index in [9.17, 15) is 9.50 Å². The Labute approximate surface area is 165 Å². The molecule has 0 fully saturated rings. The van der Waals surface area contributed by atoms with Crippen molar-refractivity contribution in [3.8, 4) is 0 Å². The van der Waals surface area contributed by atoms with Gasteiger partial charge < -0.3 is 15.7 Å². The summed E-state index contributed by atoms with van der Waals surface area (Å²) in [4.78, 5) is 4.08. The van der Waals surface area contributed by atoms with Crippen molar-refractivity contribution < 1.29 is 9.50 Å². The second-order valence-corrected chi connectivity index (χ2v) is 5.96. The molecule has 24 heavy (non-hydrogen) atoms. The van der Waals surface area contributed by atoms with Gasteiger partial charge in [0.15, 0.2) is 5.96 Å². The normalized spacial score (nSPS) is 12.5. The van der Waals surface area contributed by atoms with Crippen molar-refractivity contribution in [2.45, 2.75) is 12.6 Å². The SMILES string of the molecule is CN=C(NCc1cc(F)cc(Br)c1)NCC(O)c1cnn(C)c1.I. The third kappa shape index (κ3) is 6.36. The van der Waals surface area contributed by atoms with E-state index in [-0.39, 0.29) is 36.3 Å². The fourth-order valence-corrected chi connectivity index (χ4v) is 2.56. The molecule has 0 saturated heterocycles. The average molecular weight is 512 g/mol. The van der Waals surface area contributed by atoms with Crippen LogP contribution in [0, 0.1) is 5.82 Å². The lowest BCUT2D eigenvalue weighted by atomic mass is 10.2. The van der Waals surface area contributed by atoms with E-state index < -0.39 is 6.10 Å². The van der Waals surface area contributed by atoms with Crippen molar-refractivity contribution in [2.75, 3.05) is 13.6 Å². The molecule has 1 atom stereocenters. The van der Waals surface area contributed by atoms with Crippen LogP contribution in [0.3, 0.4) is 0 Å². The van der Waals surface area contributed by atoms with E-state index in [4.69, 9.17) is 0 Å². The molecule has 3 N–H and O–H groups in total. The zero-order chi connectivity index (χ0) is 16.8. The Balaban J connectivity index is 0.00000288. The van der Waals surface area contributed by atoms with Gasteiger partial charge in [-0.1, -0.05) is 15.9 Å². The highest BCUT2D eigenvalue weighted by Gasteiger charge is 2.10. The third-order valence-corrected chi connectivity index (χ3v) is 3.64. The molecular formula is C15H20BrFIN5O. The smallest absolute Gasteiger partial charge is 0.191 e. The van der Waals surface area contributed by atoms with E-state index in [1.165, 1.54) is 12.1 Å². The van der Waals surface area contributed by atoms with Crippen LogP contribution in [-0.2, 0) is 13.6 Å². The van der Waals surface area contributed by atoms with E-state index >= 15 is 0 Å². The van der Waals surface area contributed by atoms with Crippen molar-refractivity contribution >= 4 is 45.9 Å². The Morgan fingerprint density at radius 3 is 2.75 bits per heavy atom. The number of halogens is 3. The van der Waals surface area contributed by atoms with Crippen molar-refractivity contribution in [3.63, 3.8) is 0 Å². The predicted molar refractivity (Wildman–Crippen MR) is 106 cm³/mol. The highest BCUT2D eigenvalue weighted by atomic mass is 127. The molecule has 2 aromatic rings. The number of hydrogen-bond acceptors (Lipinski definition) is 3. The van der Waals surface area contributed by atoms with Crippen LogP contribution in [0.2, 0.25) is 0 Å². The van der Waals surface area contributed by atoms with Crippen molar-refractivity contribution in [1.82, 2.24) is 20.4 Å². The molecule has 6 nitrogen and oxygen atoms in total. The zero-order valence-electron chi connectivity index (χ0n) is 13.3. The lowest BCUT2D eigenvalue weighted by Crippen LogP contribution is -2.39. The number of aryl methyl sites for hydroxylation is 1. The van der Waals surface area contributed by atoms with Gasteiger partial charge in [0, 0.05) is 43.4 Å². The van der Waals surface area contributed by atoms with Crippen LogP contribution in [0.25, 0.3) is 0 Å². The molecule has 2 rings (SSSR count). The van der Waals surface area contributed by atoms with Gasteiger partial charge in [0.2, 0.25) is 0 Å². The summed E-state index contributed by atoms with van der Waals surface area (Å²) in [6.07, 6.45) is 2.69. The molecule has 0 radical (unpaired) electrons. The second kappa shape index (κ2) is 9.94. The topological polar surface area (TPSA) is 74.5 Å². The molecule has 0 aliphatic heterocycles. The van der Waals surface area contributed by atoms with Gasteiger partial charge in [0.1, 0.15) is 5.82 Å². The maximum atomic E-state index is 13.3. The van der Waals surface area contributed by atoms with E-state index in [1.807, 2.05) is 6.07 Å². The third-order valence-electron chi connectivity index (χ3n) is 3.18. The molecule has 132 valence electrons. The lowest BCUT2D eigenvalue weighted by Gasteiger charge is -2.14. The van der Waals surface area contributed by atoms with Crippen molar-refractivity contribution in [1.29, 1.82) is 0 Å².